The van der Waals surface area contributed by atoms with E-state index in [1.807, 2.05) is 67.5 Å². The lowest BCUT2D eigenvalue weighted by atomic mass is 9.69. The van der Waals surface area contributed by atoms with Crippen molar-refractivity contribution in [3.8, 4) is 0 Å². The molecule has 0 aromatic carbocycles. The molecule has 4 aliphatic rings. The molecule has 4 rings (SSSR count). The average molecular weight is 961 g/mol. The third-order valence-corrected chi connectivity index (χ3v) is 13.6. The van der Waals surface area contributed by atoms with Crippen LogP contribution in [0.4, 0.5) is 9.59 Å². The predicted octanol–water partition coefficient (Wildman–Crippen LogP) is 12.8. The van der Waals surface area contributed by atoms with Gasteiger partial charge in [-0.1, -0.05) is 135 Å². The number of ketones is 2. The molecule has 70 heavy (non-hydrogen) atoms. The molecule has 384 valence electrons. The maximum Gasteiger partial charge on any atom is 0.410 e. The van der Waals surface area contributed by atoms with Crippen molar-refractivity contribution in [1.82, 2.24) is 19.6 Å². The minimum absolute atomic E-state index is 0.181. The fourth-order valence-corrected chi connectivity index (χ4v) is 9.73. The van der Waals surface area contributed by atoms with Gasteiger partial charge in [-0.2, -0.15) is 0 Å². The fourth-order valence-electron chi connectivity index (χ4n) is 9.73. The zero-order chi connectivity index (χ0) is 52.2. The van der Waals surface area contributed by atoms with E-state index in [4.69, 9.17) is 9.47 Å². The Hall–Kier alpha value is -5.06. The first-order valence-electron chi connectivity index (χ1n) is 25.6. The van der Waals surface area contributed by atoms with Gasteiger partial charge >= 0.3 is 12.2 Å². The Balaban J connectivity index is 1.28. The first-order chi connectivity index (χ1) is 32.6. The molecule has 2 heterocycles. The zero-order valence-electron chi connectivity index (χ0n) is 46.0. The molecule has 2 aliphatic carbocycles. The molecule has 2 saturated heterocycles. The summed E-state index contributed by atoms with van der Waals surface area (Å²) >= 11 is 0. The van der Waals surface area contributed by atoms with Crippen molar-refractivity contribution in [1.29, 1.82) is 0 Å². The van der Waals surface area contributed by atoms with Gasteiger partial charge in [-0.05, 0) is 142 Å². The van der Waals surface area contributed by atoms with Gasteiger partial charge in [0.15, 0.2) is 11.6 Å². The highest BCUT2D eigenvalue weighted by Crippen LogP contribution is 2.43. The lowest BCUT2D eigenvalue weighted by Crippen LogP contribution is -2.49. The van der Waals surface area contributed by atoms with E-state index in [1.54, 1.807) is 9.80 Å². The second kappa shape index (κ2) is 24.9. The number of ether oxygens (including phenoxy) is 2. The van der Waals surface area contributed by atoms with E-state index in [0.717, 1.165) is 83.4 Å². The molecule has 2 atom stereocenters. The highest BCUT2D eigenvalue weighted by Gasteiger charge is 2.43. The van der Waals surface area contributed by atoms with Crippen LogP contribution < -0.4 is 0 Å². The van der Waals surface area contributed by atoms with Gasteiger partial charge < -0.3 is 19.3 Å². The number of allylic oxidation sites excluding steroid dienone is 20. The van der Waals surface area contributed by atoms with E-state index in [1.165, 1.54) is 0 Å². The summed E-state index contributed by atoms with van der Waals surface area (Å²) in [5.74, 6) is 0.362. The van der Waals surface area contributed by atoms with Crippen molar-refractivity contribution >= 4 is 23.8 Å². The second-order valence-electron chi connectivity index (χ2n) is 23.1. The van der Waals surface area contributed by atoms with Crippen LogP contribution in [0, 0.1) is 10.8 Å². The molecule has 0 N–H and O–H groups in total. The molecule has 2 aliphatic heterocycles. The van der Waals surface area contributed by atoms with Crippen LogP contribution in [-0.4, -0.2) is 119 Å². The van der Waals surface area contributed by atoms with Gasteiger partial charge in [0.25, 0.3) is 0 Å². The van der Waals surface area contributed by atoms with Gasteiger partial charge in [-0.15, -0.1) is 0 Å². The van der Waals surface area contributed by atoms with Crippen LogP contribution in [0.1, 0.15) is 136 Å². The number of carbonyl (C=O) groups is 4. The van der Waals surface area contributed by atoms with Crippen LogP contribution in [0.5, 0.6) is 0 Å². The van der Waals surface area contributed by atoms with Gasteiger partial charge in [-0.3, -0.25) is 19.4 Å². The van der Waals surface area contributed by atoms with Crippen molar-refractivity contribution in [2.75, 3.05) is 52.4 Å². The van der Waals surface area contributed by atoms with Crippen LogP contribution in [0.25, 0.3) is 0 Å². The highest BCUT2D eigenvalue weighted by molar-refractivity contribution is 6.02. The van der Waals surface area contributed by atoms with Crippen LogP contribution in [0.15, 0.2) is 130 Å². The number of amides is 2. The minimum Gasteiger partial charge on any atom is -0.444 e. The molecular weight excluding hydrogens is 873 g/mol. The lowest BCUT2D eigenvalue weighted by molar-refractivity contribution is -0.123. The zero-order valence-corrected chi connectivity index (χ0v) is 46.0. The summed E-state index contributed by atoms with van der Waals surface area (Å²) < 4.78 is 11.2. The van der Waals surface area contributed by atoms with Gasteiger partial charge in [-0.25, -0.2) is 9.59 Å². The summed E-state index contributed by atoms with van der Waals surface area (Å²) in [5.41, 5.74) is 6.81. The highest BCUT2D eigenvalue weighted by atomic mass is 16.6. The lowest BCUT2D eigenvalue weighted by Gasteiger charge is -2.41. The molecule has 2 fully saturated rings. The van der Waals surface area contributed by atoms with Crippen molar-refractivity contribution in [3.63, 3.8) is 0 Å². The Labute approximate surface area is 423 Å². The SMILES string of the molecule is CC1=C(/C=C/C(C)=C/C=C/C(C)=C/C=C/C=C(C)/C=C/C=C(C)/C=C/C2=C(C)C(=O)C(N3CCCN(C(=O)OC(C)(C)C)CC3)CC2(C)C)C(C)(C)CC(N2CCCN(C(=O)OC(C)(C)C)CC2)C1=O. The first kappa shape index (κ1) is 57.5. The Morgan fingerprint density at radius 2 is 0.829 bits per heavy atom. The summed E-state index contributed by atoms with van der Waals surface area (Å²) in [6.45, 7) is 37.7. The Morgan fingerprint density at radius 3 is 1.17 bits per heavy atom. The Kier molecular flexibility index (Phi) is 20.4. The maximum atomic E-state index is 13.8. The molecule has 0 bridgehead atoms. The van der Waals surface area contributed by atoms with E-state index < -0.39 is 11.2 Å². The van der Waals surface area contributed by atoms with Crippen molar-refractivity contribution in [2.24, 2.45) is 10.8 Å². The number of hydrogen-bond acceptors (Lipinski definition) is 8. The summed E-state index contributed by atoms with van der Waals surface area (Å²) in [7, 11) is 0. The minimum atomic E-state index is -0.537. The molecule has 2 unspecified atom stereocenters. The molecule has 0 saturated carbocycles. The van der Waals surface area contributed by atoms with E-state index in [-0.39, 0.29) is 46.7 Å². The monoisotopic (exact) mass is 961 g/mol. The number of carbonyl (C=O) groups excluding carboxylic acids is 4. The van der Waals surface area contributed by atoms with E-state index in [0.29, 0.717) is 39.3 Å². The molecule has 2 amide bonds. The number of rotatable bonds is 12. The average Bonchev–Trinajstić information content (AvgIpc) is 3.66. The number of Topliss-reactive ketones (excluding diaryl/α,β-unsaturated/α-hetero) is 2. The first-order valence-corrected chi connectivity index (χ1v) is 25.6. The third kappa shape index (κ3) is 17.4. The van der Waals surface area contributed by atoms with Crippen molar-refractivity contribution in [3.05, 3.63) is 130 Å². The molecule has 0 aromatic rings. The van der Waals surface area contributed by atoms with Crippen LogP contribution in [0.2, 0.25) is 0 Å². The van der Waals surface area contributed by atoms with Gasteiger partial charge in [0.2, 0.25) is 0 Å². The summed E-state index contributed by atoms with van der Waals surface area (Å²) in [5, 5.41) is 0. The molecule has 0 spiro atoms. The molecule has 0 radical (unpaired) electrons. The maximum absolute atomic E-state index is 13.8. The summed E-state index contributed by atoms with van der Waals surface area (Å²) in [4.78, 5) is 61.2. The summed E-state index contributed by atoms with van der Waals surface area (Å²) in [6, 6.07) is -0.392. The normalized spacial score (nSPS) is 23.8. The fraction of sp³-hybridized carbons (Fsp3) is 0.567. The van der Waals surface area contributed by atoms with Crippen LogP contribution >= 0.6 is 0 Å². The predicted molar refractivity (Wildman–Crippen MR) is 289 cm³/mol. The quantitative estimate of drug-likeness (QED) is 0.178. The smallest absolute Gasteiger partial charge is 0.410 e. The molecule has 0 aromatic heterocycles. The van der Waals surface area contributed by atoms with Gasteiger partial charge in [0.05, 0.1) is 12.1 Å². The van der Waals surface area contributed by atoms with Gasteiger partial charge in [0.1, 0.15) is 11.2 Å². The number of nitrogens with zero attached hydrogens (tertiary/aromatic N) is 4. The second-order valence-corrected chi connectivity index (χ2v) is 23.1. The standard InChI is InChI=1S/C60H88N4O6/c1-43(25-19-27-45(3)29-31-49-47(5)53(65)51(41-59(49,13)14)61-33-21-35-63(39-37-61)55(67)69-57(7,8)9)23-17-18-24-44(2)26-20-28-46(4)30-32-50-48(6)54(66)52(42-60(50,15)16)62-34-22-36-64(40-38-62)56(68)70-58(10,11)12/h17-20,23-32,51-52H,21-22,33-42H2,1-16H3/b18-17+,25-19+,26-20+,31-29+,32-30+,43-23+,44-24+,45-27+,46-28+. The Morgan fingerprint density at radius 1 is 0.500 bits per heavy atom. The topological polar surface area (TPSA) is 99.7 Å². The van der Waals surface area contributed by atoms with Crippen LogP contribution in [-0.2, 0) is 19.1 Å². The third-order valence-electron chi connectivity index (χ3n) is 13.6. The number of hydrogen-bond donors (Lipinski definition) is 0. The van der Waals surface area contributed by atoms with Crippen molar-refractivity contribution in [2.45, 2.75) is 160 Å². The molecule has 10 heteroatoms. The van der Waals surface area contributed by atoms with Gasteiger partial charge in [0, 0.05) is 52.4 Å². The Bertz CT molecular complexity index is 2120. The molecule has 10 nitrogen and oxygen atoms in total. The van der Waals surface area contributed by atoms with Crippen LogP contribution in [0.3, 0.4) is 0 Å². The van der Waals surface area contributed by atoms with E-state index in [2.05, 4.69) is 138 Å². The summed E-state index contributed by atoms with van der Waals surface area (Å²) in [6.07, 6.45) is 31.7. The van der Waals surface area contributed by atoms with E-state index in [9.17, 15) is 19.2 Å². The molecular formula is C60H88N4O6. The van der Waals surface area contributed by atoms with E-state index >= 15 is 0 Å². The van der Waals surface area contributed by atoms with Crippen molar-refractivity contribution < 1.29 is 28.7 Å². The largest absolute Gasteiger partial charge is 0.444 e.